The zero-order valence-corrected chi connectivity index (χ0v) is 13.9. The smallest absolute Gasteiger partial charge is 0.254 e. The number of hydrogen-bond acceptors (Lipinski definition) is 2. The lowest BCUT2D eigenvalue weighted by Gasteiger charge is -2.26. The van der Waals surface area contributed by atoms with E-state index in [-0.39, 0.29) is 11.7 Å². The molecule has 0 fully saturated rings. The van der Waals surface area contributed by atoms with Gasteiger partial charge in [-0.3, -0.25) is 4.79 Å². The molecule has 0 spiro atoms. The highest BCUT2D eigenvalue weighted by Gasteiger charge is 2.21. The van der Waals surface area contributed by atoms with Crippen LogP contribution in [0.5, 0.6) is 0 Å². The van der Waals surface area contributed by atoms with Crippen molar-refractivity contribution in [2.75, 3.05) is 13.1 Å². The van der Waals surface area contributed by atoms with Crippen LogP contribution >= 0.6 is 0 Å². The molecule has 0 N–H and O–H groups in total. The quantitative estimate of drug-likeness (QED) is 0.717. The molecular weight excluding hydrogens is 317 g/mol. The molecule has 25 heavy (non-hydrogen) atoms. The molecule has 5 heteroatoms. The van der Waals surface area contributed by atoms with Crippen molar-refractivity contribution in [1.82, 2.24) is 14.5 Å². The van der Waals surface area contributed by atoms with Gasteiger partial charge in [-0.25, -0.2) is 9.37 Å². The molecule has 3 aromatic rings. The number of amides is 1. The second kappa shape index (κ2) is 6.16. The van der Waals surface area contributed by atoms with Crippen molar-refractivity contribution >= 4 is 22.5 Å². The topological polar surface area (TPSA) is 38.1 Å². The molecule has 0 atom stereocenters. The number of aromatic nitrogens is 2. The van der Waals surface area contributed by atoms with Gasteiger partial charge < -0.3 is 9.47 Å². The first kappa shape index (κ1) is 15.6. The molecule has 1 amide bonds. The van der Waals surface area contributed by atoms with Gasteiger partial charge in [-0.05, 0) is 42.3 Å². The van der Waals surface area contributed by atoms with Gasteiger partial charge in [-0.2, -0.15) is 0 Å². The maximum absolute atomic E-state index is 13.3. The number of pyridine rings is 1. The lowest BCUT2D eigenvalue weighted by atomic mass is 9.99. The molecule has 4 rings (SSSR count). The highest BCUT2D eigenvalue weighted by atomic mass is 19.1. The molecule has 1 aromatic carbocycles. The maximum Gasteiger partial charge on any atom is 0.254 e. The summed E-state index contributed by atoms with van der Waals surface area (Å²) >= 11 is 0. The lowest BCUT2D eigenvalue weighted by molar-refractivity contribution is 0.0772. The van der Waals surface area contributed by atoms with E-state index >= 15 is 0 Å². The third kappa shape index (κ3) is 2.82. The number of benzene rings is 1. The van der Waals surface area contributed by atoms with Crippen molar-refractivity contribution in [3.8, 4) is 0 Å². The Labute approximate surface area is 145 Å². The van der Waals surface area contributed by atoms with Crippen LogP contribution in [0.2, 0.25) is 0 Å². The Kier molecular flexibility index (Phi) is 3.84. The van der Waals surface area contributed by atoms with Crippen LogP contribution in [0.25, 0.3) is 16.6 Å². The van der Waals surface area contributed by atoms with Crippen LogP contribution in [0.3, 0.4) is 0 Å². The summed E-state index contributed by atoms with van der Waals surface area (Å²) < 4.78 is 15.4. The first-order valence-corrected chi connectivity index (χ1v) is 8.28. The van der Waals surface area contributed by atoms with E-state index in [0.29, 0.717) is 18.7 Å². The van der Waals surface area contributed by atoms with Gasteiger partial charge >= 0.3 is 0 Å². The molecule has 0 radical (unpaired) electrons. The van der Waals surface area contributed by atoms with Gasteiger partial charge in [0, 0.05) is 49.0 Å². The van der Waals surface area contributed by atoms with Crippen molar-refractivity contribution < 1.29 is 9.18 Å². The summed E-state index contributed by atoms with van der Waals surface area (Å²) in [5.41, 5.74) is 3.74. The Morgan fingerprint density at radius 2 is 2.12 bits per heavy atom. The zero-order valence-electron chi connectivity index (χ0n) is 13.9. The second-order valence-electron chi connectivity index (χ2n) is 6.27. The van der Waals surface area contributed by atoms with Gasteiger partial charge in [0.2, 0.25) is 0 Å². The average Bonchev–Trinajstić information content (AvgIpc) is 2.98. The summed E-state index contributed by atoms with van der Waals surface area (Å²) in [6.07, 6.45) is 6.74. The largest absolute Gasteiger partial charge is 0.335 e. The van der Waals surface area contributed by atoms with Gasteiger partial charge in [0.1, 0.15) is 11.5 Å². The molecule has 1 aliphatic heterocycles. The van der Waals surface area contributed by atoms with E-state index in [4.69, 9.17) is 0 Å². The molecule has 0 saturated carbocycles. The van der Waals surface area contributed by atoms with E-state index in [9.17, 15) is 9.18 Å². The molecule has 3 heterocycles. The number of nitrogens with zero attached hydrogens (tertiary/aromatic N) is 3. The maximum atomic E-state index is 13.3. The Morgan fingerprint density at radius 1 is 1.24 bits per heavy atom. The van der Waals surface area contributed by atoms with Gasteiger partial charge in [0.25, 0.3) is 5.91 Å². The number of aryl methyl sites for hydroxylation is 1. The molecule has 0 saturated heterocycles. The van der Waals surface area contributed by atoms with Crippen LogP contribution in [0.4, 0.5) is 4.39 Å². The Balaban J connectivity index is 1.59. The minimum absolute atomic E-state index is 0.130. The molecule has 126 valence electrons. The van der Waals surface area contributed by atoms with Gasteiger partial charge in [-0.15, -0.1) is 0 Å². The van der Waals surface area contributed by atoms with Gasteiger partial charge in [0.05, 0.1) is 0 Å². The minimum Gasteiger partial charge on any atom is -0.335 e. The summed E-state index contributed by atoms with van der Waals surface area (Å²) in [6, 6.07) is 9.87. The van der Waals surface area contributed by atoms with Crippen molar-refractivity contribution in [2.24, 2.45) is 7.05 Å². The first-order valence-electron chi connectivity index (χ1n) is 8.28. The van der Waals surface area contributed by atoms with E-state index in [1.807, 2.05) is 17.7 Å². The summed E-state index contributed by atoms with van der Waals surface area (Å²) in [7, 11) is 1.99. The number of rotatable bonds is 2. The standard InChI is InChI=1S/C20H18FN3O/c1-23-13-18(17-6-3-9-22-19(17)23)14-7-10-24(11-8-14)20(25)15-4-2-5-16(21)12-15/h2-7,9,12-13H,8,10-11H2,1H3. The molecule has 1 aliphatic rings. The van der Waals surface area contributed by atoms with Crippen molar-refractivity contribution in [1.29, 1.82) is 0 Å². The van der Waals surface area contributed by atoms with E-state index in [1.54, 1.807) is 23.2 Å². The number of carbonyl (C=O) groups is 1. The van der Waals surface area contributed by atoms with Crippen LogP contribution in [0, 0.1) is 5.82 Å². The third-order valence-electron chi connectivity index (χ3n) is 4.65. The Morgan fingerprint density at radius 3 is 2.88 bits per heavy atom. The van der Waals surface area contributed by atoms with Crippen molar-refractivity contribution in [2.45, 2.75) is 6.42 Å². The normalized spacial score (nSPS) is 14.6. The van der Waals surface area contributed by atoms with Crippen LogP contribution in [0.1, 0.15) is 22.3 Å². The zero-order chi connectivity index (χ0) is 17.4. The van der Waals surface area contributed by atoms with E-state index in [1.165, 1.54) is 23.3 Å². The molecule has 0 aliphatic carbocycles. The predicted molar refractivity (Wildman–Crippen MR) is 95.6 cm³/mol. The minimum atomic E-state index is -0.387. The van der Waals surface area contributed by atoms with Crippen LogP contribution in [0.15, 0.2) is 54.9 Å². The highest BCUT2D eigenvalue weighted by molar-refractivity contribution is 5.96. The van der Waals surface area contributed by atoms with Crippen molar-refractivity contribution in [3.05, 3.63) is 71.8 Å². The molecular formula is C20H18FN3O. The number of halogens is 1. The summed E-state index contributed by atoms with van der Waals surface area (Å²) in [6.45, 7) is 1.15. The predicted octanol–water partition coefficient (Wildman–Crippen LogP) is 3.64. The average molecular weight is 335 g/mol. The van der Waals surface area contributed by atoms with Gasteiger partial charge in [0.15, 0.2) is 0 Å². The SMILES string of the molecule is Cn1cc(C2=CCN(C(=O)c3cccc(F)c3)CC2)c2cccnc21. The molecule has 4 nitrogen and oxygen atoms in total. The monoisotopic (exact) mass is 335 g/mol. The van der Waals surface area contributed by atoms with Gasteiger partial charge in [-0.1, -0.05) is 12.1 Å². The third-order valence-corrected chi connectivity index (χ3v) is 4.65. The molecule has 0 unspecified atom stereocenters. The number of carbonyl (C=O) groups excluding carboxylic acids is 1. The van der Waals surface area contributed by atoms with E-state index < -0.39 is 0 Å². The van der Waals surface area contributed by atoms with Crippen molar-refractivity contribution in [3.63, 3.8) is 0 Å². The lowest BCUT2D eigenvalue weighted by Crippen LogP contribution is -2.34. The summed E-state index contributed by atoms with van der Waals surface area (Å²) in [4.78, 5) is 18.7. The molecule has 2 aromatic heterocycles. The van der Waals surface area contributed by atoms with Crippen LogP contribution in [-0.2, 0) is 7.05 Å². The first-order chi connectivity index (χ1) is 12.1. The number of hydrogen-bond donors (Lipinski definition) is 0. The number of fused-ring (bicyclic) bond motifs is 1. The summed E-state index contributed by atoms with van der Waals surface area (Å²) in [5, 5.41) is 1.13. The fourth-order valence-electron chi connectivity index (χ4n) is 3.37. The van der Waals surface area contributed by atoms with E-state index in [2.05, 4.69) is 23.3 Å². The van der Waals surface area contributed by atoms with E-state index in [0.717, 1.165) is 17.5 Å². The van der Waals surface area contributed by atoms with Crippen LogP contribution < -0.4 is 0 Å². The Hall–Kier alpha value is -2.95. The van der Waals surface area contributed by atoms with Crippen LogP contribution in [-0.4, -0.2) is 33.4 Å². The second-order valence-corrected chi connectivity index (χ2v) is 6.27. The fraction of sp³-hybridized carbons (Fsp3) is 0.200. The fourth-order valence-corrected chi connectivity index (χ4v) is 3.37. The Bertz CT molecular complexity index is 990. The molecule has 0 bridgehead atoms. The highest BCUT2D eigenvalue weighted by Crippen LogP contribution is 2.29. The summed E-state index contributed by atoms with van der Waals surface area (Å²) in [5.74, 6) is -0.517.